The van der Waals surface area contributed by atoms with Gasteiger partial charge in [0.25, 0.3) is 5.57 Å². The Bertz CT molecular complexity index is 1030. The van der Waals surface area contributed by atoms with Crippen molar-refractivity contribution >= 4 is 51.9 Å². The highest BCUT2D eigenvalue weighted by molar-refractivity contribution is 8.01. The van der Waals surface area contributed by atoms with E-state index in [9.17, 15) is 0 Å². The molecule has 0 atom stereocenters. The van der Waals surface area contributed by atoms with Crippen LogP contribution in [0, 0.1) is 6.92 Å². The number of aromatic nitrogens is 3. The van der Waals surface area contributed by atoms with Crippen LogP contribution < -0.4 is 21.5 Å². The molecule has 0 spiro atoms. The molecule has 3 aromatic carbocycles. The van der Waals surface area contributed by atoms with Gasteiger partial charge in [-0.2, -0.15) is 15.0 Å². The van der Waals surface area contributed by atoms with Gasteiger partial charge in [0.2, 0.25) is 10.6 Å². The molecule has 0 aliphatic heterocycles. The summed E-state index contributed by atoms with van der Waals surface area (Å²) < 4.78 is 0. The number of aryl methyl sites for hydroxylation is 1. The Morgan fingerprint density at radius 3 is 1.46 bits per heavy atom. The van der Waals surface area contributed by atoms with Crippen LogP contribution in [0.25, 0.3) is 0 Å². The zero-order valence-corrected chi connectivity index (χ0v) is 17.5. The van der Waals surface area contributed by atoms with Gasteiger partial charge in [-0.3, -0.25) is 0 Å². The highest BCUT2D eigenvalue weighted by Crippen LogP contribution is 2.53. The molecule has 4 aromatic rings. The van der Waals surface area contributed by atoms with Gasteiger partial charge in [-0.25, -0.2) is 0 Å². The first-order valence-electron chi connectivity index (χ1n) is 8.76. The van der Waals surface area contributed by atoms with Crippen molar-refractivity contribution in [1.82, 2.24) is 15.0 Å². The van der Waals surface area contributed by atoms with E-state index in [0.29, 0.717) is 5.57 Å². The van der Waals surface area contributed by atoms with Crippen molar-refractivity contribution in [1.29, 1.82) is 0 Å². The highest BCUT2D eigenvalue weighted by Gasteiger charge is 2.51. The fourth-order valence-corrected chi connectivity index (χ4v) is 7.72. The largest absolute Gasteiger partial charge is 0.297 e. The summed E-state index contributed by atoms with van der Waals surface area (Å²) in [5.74, 6) is 0. The molecule has 1 heterocycles. The first-order chi connectivity index (χ1) is 13.6. The summed E-state index contributed by atoms with van der Waals surface area (Å²) in [7, 11) is -2.41. The maximum Gasteiger partial charge on any atom is 0.297 e. The van der Waals surface area contributed by atoms with Crippen LogP contribution in [0.2, 0.25) is 10.6 Å². The average molecular weight is 425 g/mol. The molecule has 0 bridgehead atoms. The quantitative estimate of drug-likeness (QED) is 0.462. The van der Waals surface area contributed by atoms with Crippen LogP contribution in [0.1, 0.15) is 5.56 Å². The predicted octanol–water partition coefficient (Wildman–Crippen LogP) is 4.11. The van der Waals surface area contributed by atoms with Gasteiger partial charge in [0.1, 0.15) is 15.9 Å². The van der Waals surface area contributed by atoms with E-state index in [-0.39, 0.29) is 10.6 Å². The lowest BCUT2D eigenvalue weighted by Crippen LogP contribution is -2.41. The maximum absolute atomic E-state index is 6.21. The van der Waals surface area contributed by atoms with Gasteiger partial charge in [0.05, 0.1) is 0 Å². The lowest BCUT2D eigenvalue weighted by atomic mass is 10.2. The second-order valence-corrected chi connectivity index (χ2v) is 10.3. The van der Waals surface area contributed by atoms with E-state index in [1.807, 2.05) is 36.4 Å². The highest BCUT2D eigenvalue weighted by atomic mass is 35.5. The van der Waals surface area contributed by atoms with Crippen LogP contribution in [0.15, 0.2) is 84.9 Å². The number of halogens is 2. The van der Waals surface area contributed by atoms with Crippen molar-refractivity contribution in [3.05, 3.63) is 101 Å². The summed E-state index contributed by atoms with van der Waals surface area (Å²) in [6, 6.07) is 29.1. The van der Waals surface area contributed by atoms with E-state index in [1.165, 1.54) is 5.56 Å². The van der Waals surface area contributed by atoms with Crippen molar-refractivity contribution in [2.45, 2.75) is 6.92 Å². The van der Waals surface area contributed by atoms with Gasteiger partial charge < -0.3 is 0 Å². The topological polar surface area (TPSA) is 38.7 Å². The van der Waals surface area contributed by atoms with Gasteiger partial charge in [-0.15, -0.1) is 0 Å². The standard InChI is InChI=1S/C22H17Cl2N3P/c1-16-12-14-19(15-13-16)28(17-8-4-2-5-9-17,18-10-6-3-7-11-18)22-26-20(23)25-21(24)27-22/h2-15H,1H3/q+1. The Hall–Kier alpha value is -2.32. The molecule has 0 amide bonds. The van der Waals surface area contributed by atoms with Crippen molar-refractivity contribution in [3.8, 4) is 0 Å². The third kappa shape index (κ3) is 3.42. The number of hydrogen-bond donors (Lipinski definition) is 0. The zero-order chi connectivity index (χ0) is 19.6. The smallest absolute Gasteiger partial charge is 0.187 e. The second kappa shape index (κ2) is 7.97. The minimum absolute atomic E-state index is 0.0957. The fraction of sp³-hybridized carbons (Fsp3) is 0.0455. The lowest BCUT2D eigenvalue weighted by Gasteiger charge is -2.25. The van der Waals surface area contributed by atoms with Crippen molar-refractivity contribution in [3.63, 3.8) is 0 Å². The van der Waals surface area contributed by atoms with Crippen LogP contribution >= 0.6 is 30.5 Å². The molecule has 0 N–H and O–H groups in total. The Morgan fingerprint density at radius 2 is 1.00 bits per heavy atom. The number of benzene rings is 3. The van der Waals surface area contributed by atoms with E-state index in [1.54, 1.807) is 0 Å². The lowest BCUT2D eigenvalue weighted by molar-refractivity contribution is 1.09. The molecule has 0 aliphatic rings. The molecule has 0 unspecified atom stereocenters. The van der Waals surface area contributed by atoms with Crippen LogP contribution in [0.5, 0.6) is 0 Å². The zero-order valence-electron chi connectivity index (χ0n) is 15.1. The molecule has 28 heavy (non-hydrogen) atoms. The Kier molecular flexibility index (Phi) is 5.41. The normalized spacial score (nSPS) is 11.4. The van der Waals surface area contributed by atoms with E-state index in [0.717, 1.165) is 15.9 Å². The monoisotopic (exact) mass is 424 g/mol. The molecule has 4 rings (SSSR count). The fourth-order valence-electron chi connectivity index (χ4n) is 3.33. The summed E-state index contributed by atoms with van der Waals surface area (Å²) in [4.78, 5) is 13.1. The summed E-state index contributed by atoms with van der Waals surface area (Å²) in [6.07, 6.45) is 0. The minimum atomic E-state index is -2.41. The van der Waals surface area contributed by atoms with Gasteiger partial charge >= 0.3 is 0 Å². The summed E-state index contributed by atoms with van der Waals surface area (Å²) in [6.45, 7) is 2.08. The molecule has 6 heteroatoms. The summed E-state index contributed by atoms with van der Waals surface area (Å²) in [5.41, 5.74) is 1.79. The van der Waals surface area contributed by atoms with E-state index >= 15 is 0 Å². The SMILES string of the molecule is Cc1ccc([P+](c2ccccc2)(c2ccccc2)c2nc(Cl)nc(Cl)n2)cc1. The second-order valence-electron chi connectivity index (χ2n) is 6.35. The van der Waals surface area contributed by atoms with E-state index in [2.05, 4.69) is 70.4 Å². The third-order valence-corrected chi connectivity index (χ3v) is 8.93. The average Bonchev–Trinajstić information content (AvgIpc) is 2.71. The van der Waals surface area contributed by atoms with E-state index < -0.39 is 7.26 Å². The van der Waals surface area contributed by atoms with Crippen molar-refractivity contribution in [2.75, 3.05) is 0 Å². The molecule has 0 fully saturated rings. The van der Waals surface area contributed by atoms with Gasteiger partial charge in [0.15, 0.2) is 7.26 Å². The molecular formula is C22H17Cl2N3P+. The molecule has 0 radical (unpaired) electrons. The van der Waals surface area contributed by atoms with Gasteiger partial charge in [0, 0.05) is 0 Å². The van der Waals surface area contributed by atoms with Crippen molar-refractivity contribution in [2.24, 2.45) is 0 Å². The predicted molar refractivity (Wildman–Crippen MR) is 119 cm³/mol. The minimum Gasteiger partial charge on any atom is -0.187 e. The van der Waals surface area contributed by atoms with E-state index in [4.69, 9.17) is 23.2 Å². The Balaban J connectivity index is 2.16. The van der Waals surface area contributed by atoms with Crippen LogP contribution in [-0.4, -0.2) is 15.0 Å². The molecule has 0 aliphatic carbocycles. The van der Waals surface area contributed by atoms with Crippen LogP contribution in [-0.2, 0) is 0 Å². The summed E-state index contributed by atoms with van der Waals surface area (Å²) in [5, 5.41) is 3.58. The first-order valence-corrected chi connectivity index (χ1v) is 11.3. The Labute approximate surface area is 174 Å². The molecule has 138 valence electrons. The maximum atomic E-state index is 6.21. The van der Waals surface area contributed by atoms with Gasteiger partial charge in [-0.1, -0.05) is 54.1 Å². The van der Waals surface area contributed by atoms with Crippen LogP contribution in [0.3, 0.4) is 0 Å². The number of rotatable bonds is 4. The van der Waals surface area contributed by atoms with Crippen LogP contribution in [0.4, 0.5) is 0 Å². The van der Waals surface area contributed by atoms with Gasteiger partial charge in [-0.05, 0) is 66.5 Å². The number of nitrogens with zero attached hydrogens (tertiary/aromatic N) is 3. The third-order valence-electron chi connectivity index (χ3n) is 4.58. The summed E-state index contributed by atoms with van der Waals surface area (Å²) >= 11 is 12.4. The number of hydrogen-bond acceptors (Lipinski definition) is 3. The van der Waals surface area contributed by atoms with Crippen molar-refractivity contribution < 1.29 is 0 Å². The first kappa shape index (κ1) is 19.0. The molecular weight excluding hydrogens is 408 g/mol. The Morgan fingerprint density at radius 1 is 0.571 bits per heavy atom. The molecule has 1 aromatic heterocycles. The molecule has 0 saturated heterocycles. The molecule has 3 nitrogen and oxygen atoms in total. The molecule has 0 saturated carbocycles.